The number of ether oxygens (including phenoxy) is 1. The van der Waals surface area contributed by atoms with E-state index in [1.807, 2.05) is 0 Å². The molecule has 0 unspecified atom stereocenters. The Balaban J connectivity index is 2.63. The molecule has 0 saturated heterocycles. The fraction of sp³-hybridized carbons (Fsp3) is 0.100. The number of aromatic nitrogens is 3. The molecule has 0 aliphatic carbocycles. The van der Waals surface area contributed by atoms with Crippen LogP contribution in [0.2, 0.25) is 10.2 Å². The molecule has 0 saturated carbocycles. The van der Waals surface area contributed by atoms with Crippen LogP contribution in [0.5, 0.6) is 5.75 Å². The zero-order valence-electron chi connectivity index (χ0n) is 8.32. The summed E-state index contributed by atoms with van der Waals surface area (Å²) in [4.78, 5) is 3.85. The highest BCUT2D eigenvalue weighted by atomic mass is 35.5. The van der Waals surface area contributed by atoms with Gasteiger partial charge in [0.25, 0.3) is 0 Å². The summed E-state index contributed by atoms with van der Waals surface area (Å²) in [6.07, 6.45) is 1.28. The standard InChI is InChI=1S/C10H7Cl2N3O/c1-16-8-3-2-6(11)4-7(8)9-10(12)13-5-14-15-9/h2-5H,1H3. The van der Waals surface area contributed by atoms with Crippen LogP contribution in [0.25, 0.3) is 11.3 Å². The highest BCUT2D eigenvalue weighted by Gasteiger charge is 2.12. The van der Waals surface area contributed by atoms with E-state index in [9.17, 15) is 0 Å². The van der Waals surface area contributed by atoms with Crippen molar-refractivity contribution < 1.29 is 4.74 Å². The van der Waals surface area contributed by atoms with Crippen molar-refractivity contribution in [2.75, 3.05) is 7.11 Å². The Bertz CT molecular complexity index is 519. The SMILES string of the molecule is COc1ccc(Cl)cc1-c1nncnc1Cl. The normalized spacial score (nSPS) is 10.2. The van der Waals surface area contributed by atoms with Gasteiger partial charge in [-0.15, -0.1) is 10.2 Å². The van der Waals surface area contributed by atoms with Crippen molar-refractivity contribution in [3.05, 3.63) is 34.7 Å². The molecule has 0 fully saturated rings. The topological polar surface area (TPSA) is 47.9 Å². The second-order valence-electron chi connectivity index (χ2n) is 2.94. The number of hydrogen-bond acceptors (Lipinski definition) is 4. The summed E-state index contributed by atoms with van der Waals surface area (Å²) in [6.45, 7) is 0. The second kappa shape index (κ2) is 4.63. The molecule has 0 bridgehead atoms. The monoisotopic (exact) mass is 255 g/mol. The van der Waals surface area contributed by atoms with E-state index in [1.54, 1.807) is 25.3 Å². The van der Waals surface area contributed by atoms with E-state index >= 15 is 0 Å². The molecule has 2 aromatic rings. The Hall–Kier alpha value is -1.39. The lowest BCUT2D eigenvalue weighted by Gasteiger charge is -2.08. The van der Waals surface area contributed by atoms with Gasteiger partial charge in [-0.2, -0.15) is 0 Å². The molecule has 82 valence electrons. The van der Waals surface area contributed by atoms with Crippen molar-refractivity contribution in [2.24, 2.45) is 0 Å². The first-order valence-corrected chi connectivity index (χ1v) is 5.15. The summed E-state index contributed by atoms with van der Waals surface area (Å²) >= 11 is 11.8. The molecule has 0 radical (unpaired) electrons. The minimum absolute atomic E-state index is 0.260. The van der Waals surface area contributed by atoms with Gasteiger partial charge in [-0.05, 0) is 18.2 Å². The zero-order chi connectivity index (χ0) is 11.5. The summed E-state index contributed by atoms with van der Waals surface area (Å²) in [6, 6.07) is 5.17. The highest BCUT2D eigenvalue weighted by molar-refractivity contribution is 6.32. The smallest absolute Gasteiger partial charge is 0.159 e. The number of halogens is 2. The third-order valence-corrected chi connectivity index (χ3v) is 2.50. The number of methoxy groups -OCH3 is 1. The Kier molecular flexibility index (Phi) is 3.22. The van der Waals surface area contributed by atoms with Crippen molar-refractivity contribution in [1.82, 2.24) is 15.2 Å². The largest absolute Gasteiger partial charge is 0.496 e. The fourth-order valence-electron chi connectivity index (χ4n) is 1.29. The fourth-order valence-corrected chi connectivity index (χ4v) is 1.65. The van der Waals surface area contributed by atoms with E-state index in [0.29, 0.717) is 22.0 Å². The number of hydrogen-bond donors (Lipinski definition) is 0. The molecule has 1 aromatic carbocycles. The predicted molar refractivity (Wildman–Crippen MR) is 61.8 cm³/mol. The lowest BCUT2D eigenvalue weighted by Crippen LogP contribution is -1.94. The van der Waals surface area contributed by atoms with Crippen molar-refractivity contribution in [3.8, 4) is 17.0 Å². The lowest BCUT2D eigenvalue weighted by atomic mass is 10.1. The van der Waals surface area contributed by atoms with Crippen LogP contribution >= 0.6 is 23.2 Å². The second-order valence-corrected chi connectivity index (χ2v) is 3.74. The van der Waals surface area contributed by atoms with Gasteiger partial charge in [0.05, 0.1) is 7.11 Å². The average Bonchev–Trinajstić information content (AvgIpc) is 2.29. The minimum atomic E-state index is 0.260. The number of benzene rings is 1. The van der Waals surface area contributed by atoms with Gasteiger partial charge in [0.1, 0.15) is 17.8 Å². The van der Waals surface area contributed by atoms with E-state index in [1.165, 1.54) is 6.33 Å². The van der Waals surface area contributed by atoms with Gasteiger partial charge in [0, 0.05) is 10.6 Å². The zero-order valence-corrected chi connectivity index (χ0v) is 9.83. The molecule has 0 atom stereocenters. The lowest BCUT2D eigenvalue weighted by molar-refractivity contribution is 0.416. The van der Waals surface area contributed by atoms with Crippen LogP contribution < -0.4 is 4.74 Å². The van der Waals surface area contributed by atoms with Gasteiger partial charge in [-0.1, -0.05) is 23.2 Å². The van der Waals surface area contributed by atoms with Crippen LogP contribution in [0.4, 0.5) is 0 Å². The van der Waals surface area contributed by atoms with E-state index in [0.717, 1.165) is 0 Å². The van der Waals surface area contributed by atoms with Gasteiger partial charge in [-0.3, -0.25) is 0 Å². The van der Waals surface area contributed by atoms with Crippen LogP contribution in [-0.4, -0.2) is 22.3 Å². The third-order valence-electron chi connectivity index (χ3n) is 1.99. The van der Waals surface area contributed by atoms with E-state index in [-0.39, 0.29) is 5.15 Å². The van der Waals surface area contributed by atoms with Gasteiger partial charge < -0.3 is 4.74 Å². The van der Waals surface area contributed by atoms with Crippen LogP contribution in [0.15, 0.2) is 24.5 Å². The van der Waals surface area contributed by atoms with Gasteiger partial charge in [0.15, 0.2) is 5.15 Å². The van der Waals surface area contributed by atoms with E-state index in [2.05, 4.69) is 15.2 Å². The molecule has 0 amide bonds. The molecular weight excluding hydrogens is 249 g/mol. The Morgan fingerprint density at radius 3 is 2.75 bits per heavy atom. The molecule has 16 heavy (non-hydrogen) atoms. The van der Waals surface area contributed by atoms with Gasteiger partial charge in [-0.25, -0.2) is 4.98 Å². The van der Waals surface area contributed by atoms with E-state index in [4.69, 9.17) is 27.9 Å². The molecule has 0 aliphatic rings. The average molecular weight is 256 g/mol. The number of nitrogens with zero attached hydrogens (tertiary/aromatic N) is 3. The molecule has 0 spiro atoms. The molecular formula is C10H7Cl2N3O. The van der Waals surface area contributed by atoms with Gasteiger partial charge in [0.2, 0.25) is 0 Å². The predicted octanol–water partition coefficient (Wildman–Crippen LogP) is 2.85. The Labute approximate surface area is 102 Å². The Morgan fingerprint density at radius 1 is 1.25 bits per heavy atom. The van der Waals surface area contributed by atoms with Crippen molar-refractivity contribution in [3.63, 3.8) is 0 Å². The first-order valence-electron chi connectivity index (χ1n) is 4.39. The first-order chi connectivity index (χ1) is 7.72. The summed E-state index contributed by atoms with van der Waals surface area (Å²) in [5, 5.41) is 8.42. The summed E-state index contributed by atoms with van der Waals surface area (Å²) < 4.78 is 5.20. The van der Waals surface area contributed by atoms with Crippen LogP contribution in [0.1, 0.15) is 0 Å². The van der Waals surface area contributed by atoms with Crippen molar-refractivity contribution in [2.45, 2.75) is 0 Å². The summed E-state index contributed by atoms with van der Waals surface area (Å²) in [7, 11) is 1.56. The Morgan fingerprint density at radius 2 is 2.06 bits per heavy atom. The molecule has 6 heteroatoms. The van der Waals surface area contributed by atoms with Crippen molar-refractivity contribution >= 4 is 23.2 Å². The maximum absolute atomic E-state index is 5.93. The maximum atomic E-state index is 5.93. The molecule has 1 heterocycles. The van der Waals surface area contributed by atoms with Crippen LogP contribution in [-0.2, 0) is 0 Å². The highest BCUT2D eigenvalue weighted by Crippen LogP contribution is 2.33. The first kappa shape index (κ1) is 11.1. The third kappa shape index (κ3) is 2.08. The summed E-state index contributed by atoms with van der Waals surface area (Å²) in [5.41, 5.74) is 1.11. The van der Waals surface area contributed by atoms with E-state index < -0.39 is 0 Å². The molecule has 4 nitrogen and oxygen atoms in total. The molecule has 0 aliphatic heterocycles. The van der Waals surface area contributed by atoms with Gasteiger partial charge >= 0.3 is 0 Å². The number of rotatable bonds is 2. The maximum Gasteiger partial charge on any atom is 0.159 e. The van der Waals surface area contributed by atoms with Crippen LogP contribution in [0, 0.1) is 0 Å². The van der Waals surface area contributed by atoms with Crippen LogP contribution in [0.3, 0.4) is 0 Å². The van der Waals surface area contributed by atoms with Crippen molar-refractivity contribution in [1.29, 1.82) is 0 Å². The quantitative estimate of drug-likeness (QED) is 0.828. The summed E-state index contributed by atoms with van der Waals surface area (Å²) in [5.74, 6) is 0.619. The molecule has 2 rings (SSSR count). The molecule has 1 aromatic heterocycles. The minimum Gasteiger partial charge on any atom is -0.496 e. The molecule has 0 N–H and O–H groups in total.